The summed E-state index contributed by atoms with van der Waals surface area (Å²) in [4.78, 5) is 0. The van der Waals surface area contributed by atoms with Gasteiger partial charge in [0, 0.05) is 18.6 Å². The van der Waals surface area contributed by atoms with Gasteiger partial charge in [-0.3, -0.25) is 0 Å². The van der Waals surface area contributed by atoms with Crippen LogP contribution in [0.2, 0.25) is 0 Å². The van der Waals surface area contributed by atoms with E-state index in [1.807, 2.05) is 0 Å². The molecule has 3 nitrogen and oxygen atoms in total. The van der Waals surface area contributed by atoms with Gasteiger partial charge in [-0.25, -0.2) is 0 Å². The average Bonchev–Trinajstić information content (AvgIpc) is 2.90. The van der Waals surface area contributed by atoms with Crippen LogP contribution in [0.25, 0.3) is 0 Å². The average molecular weight is 263 g/mol. The zero-order valence-electron chi connectivity index (χ0n) is 12.2. The highest BCUT2D eigenvalue weighted by Crippen LogP contribution is 2.21. The van der Waals surface area contributed by atoms with Crippen molar-refractivity contribution in [3.05, 3.63) is 29.3 Å². The Bertz CT molecular complexity index is 400. The lowest BCUT2D eigenvalue weighted by molar-refractivity contribution is 0.160. The maximum absolute atomic E-state index is 6.00. The first-order valence-electron chi connectivity index (χ1n) is 7.22. The molecule has 0 radical (unpaired) electrons. The summed E-state index contributed by atoms with van der Waals surface area (Å²) in [5.74, 6) is 1.57. The normalized spacial score (nSPS) is 20.5. The van der Waals surface area contributed by atoms with Crippen molar-refractivity contribution >= 4 is 0 Å². The Morgan fingerprint density at radius 1 is 1.42 bits per heavy atom. The minimum absolute atomic E-state index is 0.383. The highest BCUT2D eigenvalue weighted by atomic mass is 16.5. The molecule has 1 heterocycles. The van der Waals surface area contributed by atoms with Crippen molar-refractivity contribution in [2.24, 2.45) is 5.92 Å². The molecule has 0 spiro atoms. The van der Waals surface area contributed by atoms with E-state index in [2.05, 4.69) is 44.3 Å². The Kier molecular flexibility index (Phi) is 5.23. The van der Waals surface area contributed by atoms with E-state index in [-0.39, 0.29) is 0 Å². The van der Waals surface area contributed by atoms with Crippen LogP contribution in [-0.4, -0.2) is 32.4 Å². The number of likely N-dealkylation sites (N-methyl/N-ethyl adjacent to an activating group) is 1. The van der Waals surface area contributed by atoms with Crippen molar-refractivity contribution in [3.63, 3.8) is 0 Å². The predicted octanol–water partition coefficient (Wildman–Crippen LogP) is 2.70. The van der Waals surface area contributed by atoms with Crippen LogP contribution in [0.4, 0.5) is 0 Å². The van der Waals surface area contributed by atoms with Gasteiger partial charge < -0.3 is 14.8 Å². The minimum Gasteiger partial charge on any atom is -0.492 e. The molecule has 0 saturated carbocycles. The molecule has 1 aromatic rings. The zero-order chi connectivity index (χ0) is 13.7. The lowest BCUT2D eigenvalue weighted by Gasteiger charge is -2.24. The monoisotopic (exact) mass is 263 g/mol. The van der Waals surface area contributed by atoms with Gasteiger partial charge in [0.25, 0.3) is 0 Å². The van der Waals surface area contributed by atoms with Crippen molar-refractivity contribution in [3.8, 4) is 5.75 Å². The molecule has 1 N–H and O–H groups in total. The molecule has 0 amide bonds. The summed E-state index contributed by atoms with van der Waals surface area (Å²) in [5.41, 5.74) is 2.48. The molecule has 1 aliphatic rings. The molecule has 19 heavy (non-hydrogen) atoms. The first-order valence-corrected chi connectivity index (χ1v) is 7.22. The van der Waals surface area contributed by atoms with Gasteiger partial charge in [0.1, 0.15) is 12.4 Å². The molecule has 2 atom stereocenters. The van der Waals surface area contributed by atoms with Gasteiger partial charge in [0.2, 0.25) is 0 Å². The third-order valence-electron chi connectivity index (χ3n) is 3.75. The largest absolute Gasteiger partial charge is 0.492 e. The molecule has 1 aromatic carbocycles. The number of hydrogen-bond acceptors (Lipinski definition) is 3. The number of nitrogens with one attached hydrogen (secondary N) is 1. The Hall–Kier alpha value is -1.06. The standard InChI is InChI=1S/C16H25NO2/c1-4-17-15(14-7-8-18-10-14)11-19-16-6-5-12(2)9-13(16)3/h5-6,9,14-15,17H,4,7-8,10-11H2,1-3H3. The summed E-state index contributed by atoms with van der Waals surface area (Å²) in [6.45, 7) is 9.77. The van der Waals surface area contributed by atoms with Gasteiger partial charge in [0.05, 0.1) is 6.61 Å². The van der Waals surface area contributed by atoms with Crippen LogP contribution in [0, 0.1) is 19.8 Å². The Balaban J connectivity index is 1.93. The van der Waals surface area contributed by atoms with E-state index in [1.165, 1.54) is 11.1 Å². The second kappa shape index (κ2) is 6.92. The predicted molar refractivity (Wildman–Crippen MR) is 77.8 cm³/mol. The quantitative estimate of drug-likeness (QED) is 0.856. The van der Waals surface area contributed by atoms with E-state index < -0.39 is 0 Å². The van der Waals surface area contributed by atoms with E-state index in [9.17, 15) is 0 Å². The topological polar surface area (TPSA) is 30.5 Å². The summed E-state index contributed by atoms with van der Waals surface area (Å²) in [6, 6.07) is 6.71. The van der Waals surface area contributed by atoms with Gasteiger partial charge in [-0.2, -0.15) is 0 Å². The second-order valence-electron chi connectivity index (χ2n) is 5.37. The molecule has 0 bridgehead atoms. The molecule has 1 aliphatic heterocycles. The van der Waals surface area contributed by atoms with Gasteiger partial charge >= 0.3 is 0 Å². The van der Waals surface area contributed by atoms with E-state index in [0.717, 1.165) is 31.9 Å². The van der Waals surface area contributed by atoms with E-state index >= 15 is 0 Å². The fourth-order valence-electron chi connectivity index (χ4n) is 2.63. The number of hydrogen-bond donors (Lipinski definition) is 1. The molecule has 106 valence electrons. The maximum atomic E-state index is 6.00. The molecule has 2 unspecified atom stereocenters. The first-order chi connectivity index (χ1) is 9.20. The van der Waals surface area contributed by atoms with Crippen molar-refractivity contribution in [1.29, 1.82) is 0 Å². The highest BCUT2D eigenvalue weighted by Gasteiger charge is 2.25. The number of ether oxygens (including phenoxy) is 2. The molecule has 0 aromatic heterocycles. The smallest absolute Gasteiger partial charge is 0.122 e. The fourth-order valence-corrected chi connectivity index (χ4v) is 2.63. The Labute approximate surface area is 116 Å². The van der Waals surface area contributed by atoms with Gasteiger partial charge in [0.15, 0.2) is 0 Å². The Morgan fingerprint density at radius 3 is 2.89 bits per heavy atom. The molecule has 0 aliphatic carbocycles. The van der Waals surface area contributed by atoms with Gasteiger partial charge in [-0.05, 0) is 38.4 Å². The van der Waals surface area contributed by atoms with Crippen LogP contribution in [-0.2, 0) is 4.74 Å². The molecule has 1 saturated heterocycles. The van der Waals surface area contributed by atoms with Crippen LogP contribution in [0.1, 0.15) is 24.5 Å². The maximum Gasteiger partial charge on any atom is 0.122 e. The van der Waals surface area contributed by atoms with Crippen LogP contribution in [0.15, 0.2) is 18.2 Å². The molecule has 1 fully saturated rings. The summed E-state index contributed by atoms with van der Waals surface area (Å²) in [6.07, 6.45) is 1.13. The van der Waals surface area contributed by atoms with Crippen molar-refractivity contribution in [2.45, 2.75) is 33.2 Å². The molecule has 3 heteroatoms. The van der Waals surface area contributed by atoms with Gasteiger partial charge in [-0.1, -0.05) is 24.6 Å². The van der Waals surface area contributed by atoms with Crippen molar-refractivity contribution < 1.29 is 9.47 Å². The summed E-state index contributed by atoms with van der Waals surface area (Å²) in [5, 5.41) is 3.52. The Morgan fingerprint density at radius 2 is 2.26 bits per heavy atom. The van der Waals surface area contributed by atoms with E-state index in [4.69, 9.17) is 9.47 Å². The third kappa shape index (κ3) is 3.95. The molecule has 2 rings (SSSR count). The number of benzene rings is 1. The lowest BCUT2D eigenvalue weighted by Crippen LogP contribution is -2.41. The number of rotatable bonds is 6. The van der Waals surface area contributed by atoms with E-state index in [1.54, 1.807) is 0 Å². The summed E-state index contributed by atoms with van der Waals surface area (Å²) >= 11 is 0. The van der Waals surface area contributed by atoms with Crippen LogP contribution < -0.4 is 10.1 Å². The van der Waals surface area contributed by atoms with Crippen LogP contribution in [0.5, 0.6) is 5.75 Å². The van der Waals surface area contributed by atoms with Crippen LogP contribution >= 0.6 is 0 Å². The van der Waals surface area contributed by atoms with Gasteiger partial charge in [-0.15, -0.1) is 0 Å². The SMILES string of the molecule is CCNC(COc1ccc(C)cc1C)C1CCOC1. The molecular weight excluding hydrogens is 238 g/mol. The zero-order valence-corrected chi connectivity index (χ0v) is 12.2. The highest BCUT2D eigenvalue weighted by molar-refractivity contribution is 5.35. The van der Waals surface area contributed by atoms with E-state index in [0.29, 0.717) is 18.6 Å². The van der Waals surface area contributed by atoms with Crippen molar-refractivity contribution in [2.75, 3.05) is 26.4 Å². The molecular formula is C16H25NO2. The fraction of sp³-hybridized carbons (Fsp3) is 0.625. The van der Waals surface area contributed by atoms with Crippen LogP contribution in [0.3, 0.4) is 0 Å². The minimum atomic E-state index is 0.383. The number of aryl methyl sites for hydroxylation is 2. The van der Waals surface area contributed by atoms with Crippen molar-refractivity contribution in [1.82, 2.24) is 5.32 Å². The third-order valence-corrected chi connectivity index (χ3v) is 3.75. The lowest BCUT2D eigenvalue weighted by atomic mass is 10.00. The second-order valence-corrected chi connectivity index (χ2v) is 5.37. The summed E-state index contributed by atoms with van der Waals surface area (Å²) < 4.78 is 11.5. The first kappa shape index (κ1) is 14.4. The summed E-state index contributed by atoms with van der Waals surface area (Å²) in [7, 11) is 0.